The maximum atomic E-state index is 13.0. The lowest BCUT2D eigenvalue weighted by atomic mass is 10.0. The molecule has 1 aromatic rings. The van der Waals surface area contributed by atoms with Crippen molar-refractivity contribution in [2.75, 3.05) is 0 Å². The van der Waals surface area contributed by atoms with Gasteiger partial charge in [-0.1, -0.05) is 24.6 Å². The van der Waals surface area contributed by atoms with Crippen molar-refractivity contribution >= 4 is 17.9 Å². The molecule has 1 rings (SSSR count). The van der Waals surface area contributed by atoms with Crippen LogP contribution in [0.2, 0.25) is 5.02 Å². The molecule has 14 heavy (non-hydrogen) atoms. The molecule has 0 fully saturated rings. The smallest absolute Gasteiger partial charge is 0.142 e. The molecule has 76 valence electrons. The first-order valence-corrected chi connectivity index (χ1v) is 4.90. The summed E-state index contributed by atoms with van der Waals surface area (Å²) >= 11 is 5.54. The molecule has 1 nitrogen and oxygen atoms in total. The molecule has 0 radical (unpaired) electrons. The molecule has 0 amide bonds. The van der Waals surface area contributed by atoms with Gasteiger partial charge >= 0.3 is 0 Å². The Hall–Kier alpha value is -0.890. The molecule has 0 N–H and O–H groups in total. The Kier molecular flexibility index (Phi) is 4.08. The Labute approximate surface area is 87.9 Å². The fraction of sp³-hybridized carbons (Fsp3) is 0.364. The molecular weight excluding hydrogens is 203 g/mol. The molecule has 0 heterocycles. The van der Waals surface area contributed by atoms with Crippen LogP contribution in [0.5, 0.6) is 0 Å². The van der Waals surface area contributed by atoms with Crippen LogP contribution in [-0.2, 0) is 11.2 Å². The molecule has 0 bridgehead atoms. The molecule has 0 spiro atoms. The minimum atomic E-state index is -0.400. The van der Waals surface area contributed by atoms with Crippen LogP contribution in [0.15, 0.2) is 18.2 Å². The number of carbonyl (C=O) groups excluding carboxylic acids is 1. The zero-order chi connectivity index (χ0) is 10.6. The minimum absolute atomic E-state index is 0.0220. The highest BCUT2D eigenvalue weighted by Gasteiger charge is 2.03. The van der Waals surface area contributed by atoms with Crippen LogP contribution in [0, 0.1) is 11.7 Å². The van der Waals surface area contributed by atoms with Gasteiger partial charge in [0, 0.05) is 5.92 Å². The van der Waals surface area contributed by atoms with Gasteiger partial charge in [0.15, 0.2) is 0 Å². The van der Waals surface area contributed by atoms with E-state index in [0.717, 1.165) is 18.3 Å². The van der Waals surface area contributed by atoms with Crippen LogP contribution >= 0.6 is 11.6 Å². The minimum Gasteiger partial charge on any atom is -0.303 e. The largest absolute Gasteiger partial charge is 0.303 e. The Balaban J connectivity index is 2.59. The van der Waals surface area contributed by atoms with Crippen molar-refractivity contribution in [2.24, 2.45) is 5.92 Å². The Morgan fingerprint density at radius 1 is 1.57 bits per heavy atom. The SMILES string of the molecule is CC(C=O)CCc1ccc(Cl)c(F)c1. The van der Waals surface area contributed by atoms with Crippen LogP contribution < -0.4 is 0 Å². The number of hydrogen-bond donors (Lipinski definition) is 0. The van der Waals surface area contributed by atoms with Crippen LogP contribution in [0.25, 0.3) is 0 Å². The lowest BCUT2D eigenvalue weighted by molar-refractivity contribution is -0.110. The normalized spacial score (nSPS) is 12.5. The van der Waals surface area contributed by atoms with Gasteiger partial charge < -0.3 is 4.79 Å². The number of aldehydes is 1. The van der Waals surface area contributed by atoms with E-state index < -0.39 is 5.82 Å². The third-order valence-electron chi connectivity index (χ3n) is 2.10. The topological polar surface area (TPSA) is 17.1 Å². The monoisotopic (exact) mass is 214 g/mol. The number of aryl methyl sites for hydroxylation is 1. The lowest BCUT2D eigenvalue weighted by Crippen LogP contribution is -1.98. The predicted molar refractivity (Wildman–Crippen MR) is 55.0 cm³/mol. The van der Waals surface area contributed by atoms with E-state index in [2.05, 4.69) is 0 Å². The van der Waals surface area contributed by atoms with Gasteiger partial charge in [0.1, 0.15) is 12.1 Å². The highest BCUT2D eigenvalue weighted by atomic mass is 35.5. The summed E-state index contributed by atoms with van der Waals surface area (Å²) in [6.07, 6.45) is 2.35. The number of carbonyl (C=O) groups is 1. The van der Waals surface area contributed by atoms with Crippen molar-refractivity contribution in [3.05, 3.63) is 34.6 Å². The molecule has 0 aromatic heterocycles. The van der Waals surface area contributed by atoms with Gasteiger partial charge in [-0.2, -0.15) is 0 Å². The van der Waals surface area contributed by atoms with E-state index in [4.69, 9.17) is 11.6 Å². The van der Waals surface area contributed by atoms with E-state index in [9.17, 15) is 9.18 Å². The summed E-state index contributed by atoms with van der Waals surface area (Å²) in [6.45, 7) is 1.85. The summed E-state index contributed by atoms with van der Waals surface area (Å²) in [6, 6.07) is 4.74. The second-order valence-electron chi connectivity index (χ2n) is 3.40. The van der Waals surface area contributed by atoms with Gasteiger partial charge in [-0.3, -0.25) is 0 Å². The highest BCUT2D eigenvalue weighted by Crippen LogP contribution is 2.17. The Bertz CT molecular complexity index is 325. The number of hydrogen-bond acceptors (Lipinski definition) is 1. The van der Waals surface area contributed by atoms with Crippen molar-refractivity contribution in [3.63, 3.8) is 0 Å². The third-order valence-corrected chi connectivity index (χ3v) is 2.41. The second-order valence-corrected chi connectivity index (χ2v) is 3.81. The number of benzene rings is 1. The van der Waals surface area contributed by atoms with E-state index in [1.165, 1.54) is 12.1 Å². The van der Waals surface area contributed by atoms with Gasteiger partial charge in [-0.25, -0.2) is 4.39 Å². The van der Waals surface area contributed by atoms with Gasteiger partial charge in [0.2, 0.25) is 0 Å². The van der Waals surface area contributed by atoms with Crippen LogP contribution in [0.1, 0.15) is 18.9 Å². The average Bonchev–Trinajstić information content (AvgIpc) is 2.19. The summed E-state index contributed by atoms with van der Waals surface area (Å²) in [7, 11) is 0. The van der Waals surface area contributed by atoms with Crippen LogP contribution in [-0.4, -0.2) is 6.29 Å². The lowest BCUT2D eigenvalue weighted by Gasteiger charge is -2.04. The number of rotatable bonds is 4. The van der Waals surface area contributed by atoms with Gasteiger partial charge in [0.05, 0.1) is 5.02 Å². The van der Waals surface area contributed by atoms with Gasteiger partial charge in [0.25, 0.3) is 0 Å². The van der Waals surface area contributed by atoms with E-state index in [0.29, 0.717) is 6.42 Å². The van der Waals surface area contributed by atoms with E-state index >= 15 is 0 Å². The highest BCUT2D eigenvalue weighted by molar-refractivity contribution is 6.30. The van der Waals surface area contributed by atoms with Gasteiger partial charge in [-0.05, 0) is 30.5 Å². The number of halogens is 2. The van der Waals surface area contributed by atoms with E-state index in [1.54, 1.807) is 6.07 Å². The Morgan fingerprint density at radius 2 is 2.29 bits per heavy atom. The van der Waals surface area contributed by atoms with E-state index in [1.807, 2.05) is 6.92 Å². The summed E-state index contributed by atoms with van der Waals surface area (Å²) in [5.74, 6) is -0.378. The molecular formula is C11H12ClFO. The van der Waals surface area contributed by atoms with E-state index in [-0.39, 0.29) is 10.9 Å². The van der Waals surface area contributed by atoms with Crippen molar-refractivity contribution in [2.45, 2.75) is 19.8 Å². The predicted octanol–water partition coefficient (Wildman–Crippen LogP) is 3.25. The summed E-state index contributed by atoms with van der Waals surface area (Å²) < 4.78 is 13.0. The maximum Gasteiger partial charge on any atom is 0.142 e. The average molecular weight is 215 g/mol. The Morgan fingerprint density at radius 3 is 2.86 bits per heavy atom. The van der Waals surface area contributed by atoms with Gasteiger partial charge in [-0.15, -0.1) is 0 Å². The third kappa shape index (κ3) is 3.11. The quantitative estimate of drug-likeness (QED) is 0.704. The molecule has 0 aliphatic heterocycles. The maximum absolute atomic E-state index is 13.0. The molecule has 3 heteroatoms. The first-order chi connectivity index (χ1) is 6.63. The molecule has 1 unspecified atom stereocenters. The standard InChI is InChI=1S/C11H12ClFO/c1-8(7-14)2-3-9-4-5-10(12)11(13)6-9/h4-8H,2-3H2,1H3. The fourth-order valence-electron chi connectivity index (χ4n) is 1.16. The summed E-state index contributed by atoms with van der Waals surface area (Å²) in [5.41, 5.74) is 0.876. The first kappa shape index (κ1) is 11.2. The zero-order valence-electron chi connectivity index (χ0n) is 7.97. The van der Waals surface area contributed by atoms with Crippen LogP contribution in [0.4, 0.5) is 4.39 Å². The van der Waals surface area contributed by atoms with Crippen molar-refractivity contribution in [3.8, 4) is 0 Å². The van der Waals surface area contributed by atoms with Crippen LogP contribution in [0.3, 0.4) is 0 Å². The molecule has 0 saturated heterocycles. The molecule has 0 aliphatic rings. The second kappa shape index (κ2) is 5.11. The summed E-state index contributed by atoms with van der Waals surface area (Å²) in [5, 5.41) is 0.136. The van der Waals surface area contributed by atoms with Crippen molar-refractivity contribution in [1.29, 1.82) is 0 Å². The molecule has 0 aliphatic carbocycles. The van der Waals surface area contributed by atoms with Crippen molar-refractivity contribution in [1.82, 2.24) is 0 Å². The molecule has 1 atom stereocenters. The van der Waals surface area contributed by atoms with Crippen molar-refractivity contribution < 1.29 is 9.18 Å². The molecule has 0 saturated carbocycles. The zero-order valence-corrected chi connectivity index (χ0v) is 8.72. The first-order valence-electron chi connectivity index (χ1n) is 4.52. The summed E-state index contributed by atoms with van der Waals surface area (Å²) in [4.78, 5) is 10.4. The fourth-order valence-corrected chi connectivity index (χ4v) is 1.28. The molecule has 1 aromatic carbocycles.